The largest absolute Gasteiger partial charge is 0.312 e. The van der Waals surface area contributed by atoms with Crippen LogP contribution in [0.4, 0.5) is 0 Å². The van der Waals surface area contributed by atoms with Gasteiger partial charge >= 0.3 is 0 Å². The third kappa shape index (κ3) is 3.52. The Labute approximate surface area is 108 Å². The fourth-order valence-corrected chi connectivity index (χ4v) is 3.31. The highest BCUT2D eigenvalue weighted by Gasteiger charge is 2.25. The summed E-state index contributed by atoms with van der Waals surface area (Å²) >= 11 is 1.88. The van der Waals surface area contributed by atoms with Crippen molar-refractivity contribution in [3.05, 3.63) is 22.4 Å². The fourth-order valence-electron chi connectivity index (χ4n) is 2.46. The normalized spacial score (nSPS) is 24.1. The molecule has 1 aliphatic rings. The second kappa shape index (κ2) is 5.96. The molecule has 2 atom stereocenters. The Kier molecular flexibility index (Phi) is 4.56. The molecular formula is C13H23N3S. The van der Waals surface area contributed by atoms with Crippen LogP contribution in [0, 0.1) is 0 Å². The minimum atomic E-state index is 0.551. The van der Waals surface area contributed by atoms with Gasteiger partial charge in [0.25, 0.3) is 0 Å². The first kappa shape index (κ1) is 13.0. The molecule has 0 radical (unpaired) electrons. The number of hydrogen-bond acceptors (Lipinski definition) is 4. The van der Waals surface area contributed by atoms with E-state index in [0.717, 1.165) is 26.2 Å². The molecule has 96 valence electrons. The average molecular weight is 253 g/mol. The lowest BCUT2D eigenvalue weighted by Gasteiger charge is -2.38. The quantitative estimate of drug-likeness (QED) is 0.880. The summed E-state index contributed by atoms with van der Waals surface area (Å²) in [6.07, 6.45) is 0. The predicted octanol–water partition coefficient (Wildman–Crippen LogP) is 1.64. The summed E-state index contributed by atoms with van der Waals surface area (Å²) in [5, 5.41) is 5.70. The zero-order chi connectivity index (χ0) is 12.3. The number of rotatable bonds is 4. The van der Waals surface area contributed by atoms with E-state index in [-0.39, 0.29) is 0 Å². The molecule has 0 aliphatic carbocycles. The molecule has 1 fully saturated rings. The molecule has 2 rings (SSSR count). The summed E-state index contributed by atoms with van der Waals surface area (Å²) in [7, 11) is 4.32. The van der Waals surface area contributed by atoms with Gasteiger partial charge in [-0.2, -0.15) is 0 Å². The molecule has 3 nitrogen and oxygen atoms in total. The van der Waals surface area contributed by atoms with E-state index < -0.39 is 0 Å². The van der Waals surface area contributed by atoms with Crippen LogP contribution in [0.25, 0.3) is 0 Å². The maximum absolute atomic E-state index is 3.51. The van der Waals surface area contributed by atoms with Crippen LogP contribution in [0.3, 0.4) is 0 Å². The molecule has 0 saturated carbocycles. The van der Waals surface area contributed by atoms with Crippen molar-refractivity contribution in [2.24, 2.45) is 0 Å². The Balaban J connectivity index is 2.09. The third-order valence-electron chi connectivity index (χ3n) is 3.25. The maximum atomic E-state index is 3.51. The molecule has 1 aromatic heterocycles. The van der Waals surface area contributed by atoms with E-state index in [4.69, 9.17) is 0 Å². The van der Waals surface area contributed by atoms with Crippen molar-refractivity contribution >= 4 is 11.3 Å². The van der Waals surface area contributed by atoms with E-state index in [1.165, 1.54) is 4.88 Å². The van der Waals surface area contributed by atoms with Gasteiger partial charge in [0, 0.05) is 37.1 Å². The molecule has 1 N–H and O–H groups in total. The number of thiophene rings is 1. The van der Waals surface area contributed by atoms with Crippen molar-refractivity contribution in [2.45, 2.75) is 19.0 Å². The first-order valence-corrected chi connectivity index (χ1v) is 7.20. The van der Waals surface area contributed by atoms with E-state index in [9.17, 15) is 0 Å². The predicted molar refractivity (Wildman–Crippen MR) is 74.7 cm³/mol. The van der Waals surface area contributed by atoms with Gasteiger partial charge in [-0.05, 0) is 32.5 Å². The van der Waals surface area contributed by atoms with Crippen molar-refractivity contribution < 1.29 is 0 Å². The summed E-state index contributed by atoms with van der Waals surface area (Å²) in [5.74, 6) is 0. The van der Waals surface area contributed by atoms with Crippen LogP contribution in [0.5, 0.6) is 0 Å². The smallest absolute Gasteiger partial charge is 0.0569 e. The van der Waals surface area contributed by atoms with Crippen molar-refractivity contribution in [2.75, 3.05) is 40.3 Å². The molecule has 1 saturated heterocycles. The van der Waals surface area contributed by atoms with Crippen LogP contribution < -0.4 is 5.32 Å². The number of likely N-dealkylation sites (N-methyl/N-ethyl adjacent to an activating group) is 1. The van der Waals surface area contributed by atoms with Gasteiger partial charge in [0.1, 0.15) is 0 Å². The third-order valence-corrected chi connectivity index (χ3v) is 4.22. The lowest BCUT2D eigenvalue weighted by atomic mass is 10.1. The standard InChI is InChI=1S/C13H23N3S/c1-11-9-16(7-6-14-11)12(10-15(2)3)13-5-4-8-17-13/h4-5,8,11-12,14H,6-7,9-10H2,1-3H3. The summed E-state index contributed by atoms with van der Waals surface area (Å²) in [4.78, 5) is 6.40. The molecule has 0 spiro atoms. The molecule has 17 heavy (non-hydrogen) atoms. The molecular weight excluding hydrogens is 230 g/mol. The van der Waals surface area contributed by atoms with Crippen LogP contribution in [-0.2, 0) is 0 Å². The lowest BCUT2D eigenvalue weighted by molar-refractivity contribution is 0.127. The Hall–Kier alpha value is -0.420. The Morgan fingerprint density at radius 1 is 1.59 bits per heavy atom. The Morgan fingerprint density at radius 2 is 2.41 bits per heavy atom. The minimum Gasteiger partial charge on any atom is -0.312 e. The highest BCUT2D eigenvalue weighted by Crippen LogP contribution is 2.26. The second-order valence-corrected chi connectivity index (χ2v) is 6.12. The number of hydrogen-bond donors (Lipinski definition) is 1. The fraction of sp³-hybridized carbons (Fsp3) is 0.692. The van der Waals surface area contributed by atoms with Gasteiger partial charge in [-0.1, -0.05) is 6.07 Å². The Morgan fingerprint density at radius 3 is 3.00 bits per heavy atom. The molecule has 0 amide bonds. The Bertz CT molecular complexity index is 323. The summed E-state index contributed by atoms with van der Waals surface area (Å²) < 4.78 is 0. The van der Waals surface area contributed by atoms with E-state index in [1.54, 1.807) is 0 Å². The van der Waals surface area contributed by atoms with E-state index >= 15 is 0 Å². The van der Waals surface area contributed by atoms with Crippen LogP contribution in [0.2, 0.25) is 0 Å². The first-order valence-electron chi connectivity index (χ1n) is 6.32. The zero-order valence-corrected chi connectivity index (χ0v) is 11.8. The average Bonchev–Trinajstić information content (AvgIpc) is 2.79. The van der Waals surface area contributed by atoms with E-state index in [0.29, 0.717) is 12.1 Å². The van der Waals surface area contributed by atoms with Crippen molar-refractivity contribution in [1.29, 1.82) is 0 Å². The van der Waals surface area contributed by atoms with E-state index in [2.05, 4.69) is 53.6 Å². The SMILES string of the molecule is CC1CN(C(CN(C)C)c2cccs2)CCN1. The topological polar surface area (TPSA) is 18.5 Å². The van der Waals surface area contributed by atoms with Crippen LogP contribution >= 0.6 is 11.3 Å². The molecule has 4 heteroatoms. The van der Waals surface area contributed by atoms with Gasteiger partial charge in [0.15, 0.2) is 0 Å². The molecule has 1 aromatic rings. The highest BCUT2D eigenvalue weighted by atomic mass is 32.1. The number of nitrogens with zero attached hydrogens (tertiary/aromatic N) is 2. The van der Waals surface area contributed by atoms with Crippen molar-refractivity contribution in [3.63, 3.8) is 0 Å². The van der Waals surface area contributed by atoms with Gasteiger partial charge in [-0.3, -0.25) is 4.90 Å². The van der Waals surface area contributed by atoms with Crippen molar-refractivity contribution in [3.8, 4) is 0 Å². The molecule has 0 aromatic carbocycles. The van der Waals surface area contributed by atoms with Crippen LogP contribution in [0.1, 0.15) is 17.8 Å². The highest BCUT2D eigenvalue weighted by molar-refractivity contribution is 7.10. The summed E-state index contributed by atoms with van der Waals surface area (Å²) in [5.41, 5.74) is 0. The van der Waals surface area contributed by atoms with Crippen LogP contribution in [0.15, 0.2) is 17.5 Å². The zero-order valence-electron chi connectivity index (χ0n) is 11.0. The molecule has 1 aliphatic heterocycles. The van der Waals surface area contributed by atoms with Crippen LogP contribution in [-0.4, -0.2) is 56.1 Å². The van der Waals surface area contributed by atoms with Gasteiger partial charge < -0.3 is 10.2 Å². The van der Waals surface area contributed by atoms with Gasteiger partial charge in [0.2, 0.25) is 0 Å². The summed E-state index contributed by atoms with van der Waals surface area (Å²) in [6, 6.07) is 5.59. The van der Waals surface area contributed by atoms with Gasteiger partial charge in [-0.15, -0.1) is 11.3 Å². The summed E-state index contributed by atoms with van der Waals surface area (Å²) in [6.45, 7) is 6.79. The van der Waals surface area contributed by atoms with Gasteiger partial charge in [0.05, 0.1) is 6.04 Å². The number of piperazine rings is 1. The maximum Gasteiger partial charge on any atom is 0.0569 e. The minimum absolute atomic E-state index is 0.551. The first-order chi connectivity index (χ1) is 8.16. The van der Waals surface area contributed by atoms with Gasteiger partial charge in [-0.25, -0.2) is 0 Å². The monoisotopic (exact) mass is 253 g/mol. The number of nitrogens with one attached hydrogen (secondary N) is 1. The lowest BCUT2D eigenvalue weighted by Crippen LogP contribution is -2.51. The van der Waals surface area contributed by atoms with Crippen molar-refractivity contribution in [1.82, 2.24) is 15.1 Å². The van der Waals surface area contributed by atoms with E-state index in [1.807, 2.05) is 11.3 Å². The second-order valence-electron chi connectivity index (χ2n) is 5.14. The molecule has 0 bridgehead atoms. The molecule has 2 unspecified atom stereocenters. The molecule has 2 heterocycles.